The van der Waals surface area contributed by atoms with Gasteiger partial charge in [0.25, 0.3) is 5.91 Å². The average Bonchev–Trinajstić information content (AvgIpc) is 2.84. The van der Waals surface area contributed by atoms with Gasteiger partial charge in [-0.15, -0.1) is 0 Å². The van der Waals surface area contributed by atoms with Gasteiger partial charge in [0.1, 0.15) is 17.2 Å². The Morgan fingerprint density at radius 2 is 1.94 bits per heavy atom. The number of anilines is 3. The largest absolute Gasteiger partial charge is 0.421 e. The maximum Gasteiger partial charge on any atom is 0.421 e. The van der Waals surface area contributed by atoms with E-state index in [9.17, 15) is 22.4 Å². The van der Waals surface area contributed by atoms with Crippen molar-refractivity contribution in [3.8, 4) is 0 Å². The predicted octanol–water partition coefficient (Wildman–Crippen LogP) is 4.47. The molecule has 1 saturated heterocycles. The van der Waals surface area contributed by atoms with Crippen molar-refractivity contribution in [3.05, 3.63) is 77.2 Å². The number of nitrogens with zero attached hydrogens (tertiary/aromatic N) is 2. The first-order valence-electron chi connectivity index (χ1n) is 11.1. The minimum Gasteiger partial charge on any atom is -0.365 e. The lowest BCUT2D eigenvalue weighted by Gasteiger charge is -2.23. The van der Waals surface area contributed by atoms with Gasteiger partial charge in [-0.1, -0.05) is 18.2 Å². The van der Waals surface area contributed by atoms with Gasteiger partial charge in [-0.05, 0) is 55.3 Å². The van der Waals surface area contributed by atoms with Crippen molar-refractivity contribution < 1.29 is 22.4 Å². The number of amides is 1. The van der Waals surface area contributed by atoms with Crippen molar-refractivity contribution in [1.82, 2.24) is 20.6 Å². The summed E-state index contributed by atoms with van der Waals surface area (Å²) in [6.45, 7) is 1.64. The fourth-order valence-corrected chi connectivity index (χ4v) is 3.68. The van der Waals surface area contributed by atoms with Crippen LogP contribution in [0.3, 0.4) is 0 Å². The highest BCUT2D eigenvalue weighted by Gasteiger charge is 2.35. The maximum atomic E-state index is 13.5. The number of rotatable bonds is 7. The molecule has 2 aromatic carbocycles. The standard InChI is InChI=1S/C24H24F4N6O/c25-17-8-6-15(7-9-17)12-30-21-20(24(26,27)28)14-31-23(34-21)33-18-4-1-3-16(11-18)22(35)32-19-5-2-10-29-13-19/h1,3-4,6-9,11,14,19,29H,2,5,10,12-13H2,(H,32,35)(H2,30,31,33,34). The maximum absolute atomic E-state index is 13.5. The zero-order chi connectivity index (χ0) is 24.8. The summed E-state index contributed by atoms with van der Waals surface area (Å²) in [5.41, 5.74) is 0.407. The fraction of sp³-hybridized carbons (Fsp3) is 0.292. The Bertz CT molecular complexity index is 1160. The number of nitrogens with one attached hydrogen (secondary N) is 4. The third-order valence-electron chi connectivity index (χ3n) is 5.48. The number of halogens is 4. The van der Waals surface area contributed by atoms with Crippen molar-refractivity contribution >= 4 is 23.4 Å². The highest BCUT2D eigenvalue weighted by atomic mass is 19.4. The Morgan fingerprint density at radius 1 is 1.14 bits per heavy atom. The van der Waals surface area contributed by atoms with Gasteiger partial charge in [-0.2, -0.15) is 18.2 Å². The molecule has 1 aromatic heterocycles. The first-order valence-corrected chi connectivity index (χ1v) is 11.1. The smallest absolute Gasteiger partial charge is 0.365 e. The molecule has 0 radical (unpaired) electrons. The van der Waals surface area contributed by atoms with Gasteiger partial charge < -0.3 is 21.3 Å². The molecule has 2 heterocycles. The van der Waals surface area contributed by atoms with Crippen molar-refractivity contribution in [2.75, 3.05) is 23.7 Å². The number of aromatic nitrogens is 2. The molecule has 1 unspecified atom stereocenters. The first kappa shape index (κ1) is 24.4. The molecule has 0 aliphatic carbocycles. The molecule has 0 saturated carbocycles. The molecule has 1 aliphatic heterocycles. The summed E-state index contributed by atoms with van der Waals surface area (Å²) in [5, 5.41) is 11.7. The van der Waals surface area contributed by atoms with Crippen molar-refractivity contribution in [2.24, 2.45) is 0 Å². The third kappa shape index (κ3) is 6.66. The van der Waals surface area contributed by atoms with Crippen molar-refractivity contribution in [1.29, 1.82) is 0 Å². The van der Waals surface area contributed by atoms with Crippen LogP contribution in [0.1, 0.15) is 34.3 Å². The van der Waals surface area contributed by atoms with Gasteiger partial charge in [-0.25, -0.2) is 9.37 Å². The molecule has 4 N–H and O–H groups in total. The third-order valence-corrected chi connectivity index (χ3v) is 5.48. The van der Waals surface area contributed by atoms with Crippen LogP contribution < -0.4 is 21.3 Å². The number of carbonyl (C=O) groups is 1. The van der Waals surface area contributed by atoms with Gasteiger partial charge in [0, 0.05) is 36.6 Å². The van der Waals surface area contributed by atoms with Gasteiger partial charge in [0.15, 0.2) is 0 Å². The molecule has 1 amide bonds. The number of hydrogen-bond acceptors (Lipinski definition) is 6. The predicted molar refractivity (Wildman–Crippen MR) is 124 cm³/mol. The summed E-state index contributed by atoms with van der Waals surface area (Å²) in [5.74, 6) is -1.17. The van der Waals surface area contributed by atoms with E-state index < -0.39 is 23.4 Å². The van der Waals surface area contributed by atoms with Crippen LogP contribution in [0.2, 0.25) is 0 Å². The molecule has 184 valence electrons. The van der Waals surface area contributed by atoms with Crippen molar-refractivity contribution in [2.45, 2.75) is 31.6 Å². The molecule has 1 fully saturated rings. The van der Waals surface area contributed by atoms with E-state index in [-0.39, 0.29) is 24.4 Å². The van der Waals surface area contributed by atoms with Gasteiger partial charge in [0.2, 0.25) is 5.95 Å². The molecule has 1 atom stereocenters. The van der Waals surface area contributed by atoms with Crippen LogP contribution in [0, 0.1) is 5.82 Å². The van der Waals surface area contributed by atoms with E-state index in [1.54, 1.807) is 24.3 Å². The molecule has 3 aromatic rings. The van der Waals surface area contributed by atoms with Gasteiger partial charge in [-0.3, -0.25) is 4.79 Å². The summed E-state index contributed by atoms with van der Waals surface area (Å²) in [6.07, 6.45) is -2.11. The summed E-state index contributed by atoms with van der Waals surface area (Å²) < 4.78 is 53.5. The fourth-order valence-electron chi connectivity index (χ4n) is 3.68. The van der Waals surface area contributed by atoms with E-state index in [1.165, 1.54) is 24.3 Å². The molecule has 35 heavy (non-hydrogen) atoms. The first-order chi connectivity index (χ1) is 16.8. The molecule has 1 aliphatic rings. The number of hydrogen-bond donors (Lipinski definition) is 4. The van der Waals surface area contributed by atoms with Crippen LogP contribution in [0.25, 0.3) is 0 Å². The number of benzene rings is 2. The second-order valence-corrected chi connectivity index (χ2v) is 8.16. The van der Waals surface area contributed by atoms with E-state index in [1.807, 2.05) is 0 Å². The molecule has 4 rings (SSSR count). The lowest BCUT2D eigenvalue weighted by atomic mass is 10.1. The molecule has 0 bridgehead atoms. The summed E-state index contributed by atoms with van der Waals surface area (Å²) in [7, 11) is 0. The van der Waals surface area contributed by atoms with Gasteiger partial charge >= 0.3 is 6.18 Å². The summed E-state index contributed by atoms with van der Waals surface area (Å²) in [6, 6.07) is 12.0. The zero-order valence-corrected chi connectivity index (χ0v) is 18.6. The van der Waals surface area contributed by atoms with E-state index >= 15 is 0 Å². The van der Waals surface area contributed by atoms with E-state index in [2.05, 4.69) is 31.2 Å². The second-order valence-electron chi connectivity index (χ2n) is 8.16. The molecule has 7 nitrogen and oxygen atoms in total. The van der Waals surface area contributed by atoms with Gasteiger partial charge in [0.05, 0.1) is 0 Å². The monoisotopic (exact) mass is 488 g/mol. The highest BCUT2D eigenvalue weighted by Crippen LogP contribution is 2.34. The van der Waals surface area contributed by atoms with Crippen LogP contribution >= 0.6 is 0 Å². The topological polar surface area (TPSA) is 91.0 Å². The van der Waals surface area contributed by atoms with Crippen LogP contribution in [-0.2, 0) is 12.7 Å². The van der Waals surface area contributed by atoms with Crippen LogP contribution in [0.4, 0.5) is 35.0 Å². The van der Waals surface area contributed by atoms with Crippen LogP contribution in [0.5, 0.6) is 0 Å². The quantitative estimate of drug-likeness (QED) is 0.367. The molecular weight excluding hydrogens is 464 g/mol. The minimum absolute atomic E-state index is 0.00545. The van der Waals surface area contributed by atoms with Crippen LogP contribution in [0.15, 0.2) is 54.7 Å². The molecule has 0 spiro atoms. The zero-order valence-electron chi connectivity index (χ0n) is 18.6. The summed E-state index contributed by atoms with van der Waals surface area (Å²) in [4.78, 5) is 20.4. The molecular formula is C24H24F4N6O. The Hall–Kier alpha value is -3.73. The van der Waals surface area contributed by atoms with E-state index in [0.717, 1.165) is 19.4 Å². The minimum atomic E-state index is -4.67. The van der Waals surface area contributed by atoms with E-state index in [4.69, 9.17) is 0 Å². The lowest BCUT2D eigenvalue weighted by molar-refractivity contribution is -0.137. The Kier molecular flexibility index (Phi) is 7.45. The number of piperidine rings is 1. The lowest BCUT2D eigenvalue weighted by Crippen LogP contribution is -2.45. The number of carbonyl (C=O) groups excluding carboxylic acids is 1. The SMILES string of the molecule is O=C(NC1CCCNC1)c1cccc(Nc2ncc(C(F)(F)F)c(NCc3ccc(F)cc3)n2)c1. The normalized spacial score (nSPS) is 15.9. The Morgan fingerprint density at radius 3 is 2.66 bits per heavy atom. The Balaban J connectivity index is 1.49. The summed E-state index contributed by atoms with van der Waals surface area (Å²) >= 11 is 0. The van der Waals surface area contributed by atoms with E-state index in [0.29, 0.717) is 29.6 Å². The number of alkyl halides is 3. The molecule has 11 heteroatoms. The Labute approximate surface area is 199 Å². The average molecular weight is 488 g/mol. The second kappa shape index (κ2) is 10.7. The van der Waals surface area contributed by atoms with Crippen LogP contribution in [-0.4, -0.2) is 35.0 Å². The van der Waals surface area contributed by atoms with Crippen molar-refractivity contribution in [3.63, 3.8) is 0 Å². The highest BCUT2D eigenvalue weighted by molar-refractivity contribution is 5.95.